The Morgan fingerprint density at radius 3 is 2.92 bits per heavy atom. The molecule has 0 bridgehead atoms. The minimum absolute atomic E-state index is 0.0695. The Balaban J connectivity index is 2.69. The summed E-state index contributed by atoms with van der Waals surface area (Å²) in [5, 5.41) is 11.0. The molecule has 1 unspecified atom stereocenters. The molecule has 0 radical (unpaired) electrons. The van der Waals surface area contributed by atoms with Crippen LogP contribution in [0.1, 0.15) is 24.3 Å². The maximum absolute atomic E-state index is 9.01. The zero-order chi connectivity index (χ0) is 9.68. The molecule has 0 saturated carbocycles. The van der Waals surface area contributed by atoms with E-state index in [4.69, 9.17) is 5.26 Å². The first-order valence-electron chi connectivity index (χ1n) is 4.42. The van der Waals surface area contributed by atoms with E-state index >= 15 is 0 Å². The number of nitriles is 1. The summed E-state index contributed by atoms with van der Waals surface area (Å²) in [7, 11) is 2.00. The van der Waals surface area contributed by atoms with Crippen LogP contribution in [0.4, 0.5) is 0 Å². The van der Waals surface area contributed by atoms with Gasteiger partial charge in [-0.25, -0.2) is 0 Å². The molecule has 1 aromatic rings. The molecule has 1 heterocycles. The van der Waals surface area contributed by atoms with Crippen LogP contribution in [0, 0.1) is 11.3 Å². The number of rotatable bonds is 4. The Labute approximate surface area is 83.4 Å². The maximum Gasteiger partial charge on any atom is 0.132 e. The summed E-state index contributed by atoms with van der Waals surface area (Å²) >= 11 is 1.65. The first-order valence-corrected chi connectivity index (χ1v) is 5.30. The molecular formula is C10H14N2S. The van der Waals surface area contributed by atoms with Gasteiger partial charge in [0.1, 0.15) is 6.04 Å². The van der Waals surface area contributed by atoms with Crippen molar-refractivity contribution in [2.24, 2.45) is 0 Å². The summed E-state index contributed by atoms with van der Waals surface area (Å²) in [6, 6.07) is 6.26. The van der Waals surface area contributed by atoms with Gasteiger partial charge in [0, 0.05) is 4.88 Å². The van der Waals surface area contributed by atoms with Crippen LogP contribution >= 0.6 is 11.3 Å². The molecule has 1 atom stereocenters. The van der Waals surface area contributed by atoms with Crippen molar-refractivity contribution in [1.82, 2.24) is 4.90 Å². The lowest BCUT2D eigenvalue weighted by Crippen LogP contribution is -2.23. The Morgan fingerprint density at radius 1 is 1.69 bits per heavy atom. The predicted octanol–water partition coefficient (Wildman–Crippen LogP) is 2.65. The van der Waals surface area contributed by atoms with Gasteiger partial charge < -0.3 is 0 Å². The quantitative estimate of drug-likeness (QED) is 0.736. The van der Waals surface area contributed by atoms with Gasteiger partial charge >= 0.3 is 0 Å². The van der Waals surface area contributed by atoms with E-state index in [9.17, 15) is 0 Å². The highest BCUT2D eigenvalue weighted by molar-refractivity contribution is 7.10. The van der Waals surface area contributed by atoms with Crippen LogP contribution in [0.3, 0.4) is 0 Å². The molecule has 0 fully saturated rings. The van der Waals surface area contributed by atoms with Crippen molar-refractivity contribution < 1.29 is 0 Å². The molecule has 0 aliphatic rings. The third-order valence-corrected chi connectivity index (χ3v) is 2.88. The van der Waals surface area contributed by atoms with Gasteiger partial charge in [0.05, 0.1) is 6.07 Å². The number of hydrogen-bond donors (Lipinski definition) is 0. The van der Waals surface area contributed by atoms with E-state index in [0.29, 0.717) is 0 Å². The smallest absolute Gasteiger partial charge is 0.132 e. The van der Waals surface area contributed by atoms with Crippen molar-refractivity contribution in [1.29, 1.82) is 5.26 Å². The molecule has 0 spiro atoms. The SMILES string of the molecule is CCCN(C)C(C#N)c1cccs1. The molecule has 0 aliphatic heterocycles. The summed E-state index contributed by atoms with van der Waals surface area (Å²) in [5.74, 6) is 0. The molecule has 1 rings (SSSR count). The Hall–Kier alpha value is -0.850. The third-order valence-electron chi connectivity index (χ3n) is 1.95. The van der Waals surface area contributed by atoms with Gasteiger partial charge in [0.25, 0.3) is 0 Å². The van der Waals surface area contributed by atoms with E-state index in [1.54, 1.807) is 11.3 Å². The maximum atomic E-state index is 9.01. The van der Waals surface area contributed by atoms with Crippen molar-refractivity contribution in [3.63, 3.8) is 0 Å². The highest BCUT2D eigenvalue weighted by Gasteiger charge is 2.15. The lowest BCUT2D eigenvalue weighted by molar-refractivity contribution is 0.295. The number of nitrogens with zero attached hydrogens (tertiary/aromatic N) is 2. The lowest BCUT2D eigenvalue weighted by Gasteiger charge is -2.20. The predicted molar refractivity (Wildman–Crippen MR) is 55.6 cm³/mol. The van der Waals surface area contributed by atoms with Crippen molar-refractivity contribution in [3.05, 3.63) is 22.4 Å². The van der Waals surface area contributed by atoms with Gasteiger partial charge in [-0.05, 0) is 31.5 Å². The summed E-state index contributed by atoms with van der Waals surface area (Å²) < 4.78 is 0. The molecule has 0 amide bonds. The van der Waals surface area contributed by atoms with Gasteiger partial charge in [0.15, 0.2) is 0 Å². The van der Waals surface area contributed by atoms with E-state index in [1.807, 2.05) is 24.6 Å². The largest absolute Gasteiger partial charge is 0.287 e. The highest BCUT2D eigenvalue weighted by atomic mass is 32.1. The zero-order valence-corrected chi connectivity index (χ0v) is 8.84. The van der Waals surface area contributed by atoms with E-state index in [2.05, 4.69) is 17.9 Å². The molecule has 0 N–H and O–H groups in total. The molecule has 3 heteroatoms. The van der Waals surface area contributed by atoms with Crippen LogP contribution in [-0.2, 0) is 0 Å². The summed E-state index contributed by atoms with van der Waals surface area (Å²) in [5.41, 5.74) is 0. The van der Waals surface area contributed by atoms with Crippen molar-refractivity contribution in [2.75, 3.05) is 13.6 Å². The van der Waals surface area contributed by atoms with E-state index in [1.165, 1.54) is 0 Å². The Morgan fingerprint density at radius 2 is 2.46 bits per heavy atom. The van der Waals surface area contributed by atoms with E-state index < -0.39 is 0 Å². The molecule has 0 aliphatic carbocycles. The van der Waals surface area contributed by atoms with Crippen LogP contribution in [0.15, 0.2) is 17.5 Å². The standard InChI is InChI=1S/C10H14N2S/c1-3-6-12(2)9(8-11)10-5-4-7-13-10/h4-5,7,9H,3,6H2,1-2H3. The van der Waals surface area contributed by atoms with Crippen molar-refractivity contribution in [2.45, 2.75) is 19.4 Å². The second-order valence-corrected chi connectivity index (χ2v) is 4.01. The fourth-order valence-electron chi connectivity index (χ4n) is 1.31. The van der Waals surface area contributed by atoms with Gasteiger partial charge in [-0.2, -0.15) is 5.26 Å². The number of thiophene rings is 1. The van der Waals surface area contributed by atoms with Gasteiger partial charge in [0.2, 0.25) is 0 Å². The zero-order valence-electron chi connectivity index (χ0n) is 8.03. The minimum atomic E-state index is -0.0695. The second-order valence-electron chi connectivity index (χ2n) is 3.03. The fourth-order valence-corrected chi connectivity index (χ4v) is 2.14. The topological polar surface area (TPSA) is 27.0 Å². The van der Waals surface area contributed by atoms with Gasteiger partial charge in [-0.1, -0.05) is 13.0 Å². The average molecular weight is 194 g/mol. The van der Waals surface area contributed by atoms with Crippen LogP contribution in [0.5, 0.6) is 0 Å². The van der Waals surface area contributed by atoms with Gasteiger partial charge in [-0.3, -0.25) is 4.90 Å². The molecule has 0 saturated heterocycles. The normalized spacial score (nSPS) is 12.8. The van der Waals surface area contributed by atoms with E-state index in [0.717, 1.165) is 17.8 Å². The highest BCUT2D eigenvalue weighted by Crippen LogP contribution is 2.23. The van der Waals surface area contributed by atoms with Crippen LogP contribution in [0.2, 0.25) is 0 Å². The van der Waals surface area contributed by atoms with Gasteiger partial charge in [-0.15, -0.1) is 11.3 Å². The average Bonchev–Trinajstić information content (AvgIpc) is 2.59. The Bertz CT molecular complexity index is 274. The van der Waals surface area contributed by atoms with Crippen LogP contribution < -0.4 is 0 Å². The summed E-state index contributed by atoms with van der Waals surface area (Å²) in [6.07, 6.45) is 1.08. The third kappa shape index (κ3) is 2.55. The Kier molecular flexibility index (Phi) is 3.94. The first kappa shape index (κ1) is 10.2. The molecular weight excluding hydrogens is 180 g/mol. The van der Waals surface area contributed by atoms with Crippen molar-refractivity contribution in [3.8, 4) is 6.07 Å². The lowest BCUT2D eigenvalue weighted by atomic mass is 10.2. The summed E-state index contributed by atoms with van der Waals surface area (Å²) in [4.78, 5) is 3.23. The fraction of sp³-hybridized carbons (Fsp3) is 0.500. The molecule has 70 valence electrons. The number of hydrogen-bond acceptors (Lipinski definition) is 3. The molecule has 2 nitrogen and oxygen atoms in total. The minimum Gasteiger partial charge on any atom is -0.287 e. The molecule has 1 aromatic heterocycles. The molecule has 0 aromatic carbocycles. The molecule has 13 heavy (non-hydrogen) atoms. The van der Waals surface area contributed by atoms with Crippen LogP contribution in [0.25, 0.3) is 0 Å². The van der Waals surface area contributed by atoms with E-state index in [-0.39, 0.29) is 6.04 Å². The first-order chi connectivity index (χ1) is 6.29. The second kappa shape index (κ2) is 5.00. The van der Waals surface area contributed by atoms with Crippen LogP contribution in [-0.4, -0.2) is 18.5 Å². The monoisotopic (exact) mass is 194 g/mol. The summed E-state index contributed by atoms with van der Waals surface area (Å²) in [6.45, 7) is 3.09. The van der Waals surface area contributed by atoms with Crippen molar-refractivity contribution >= 4 is 11.3 Å².